The first-order chi connectivity index (χ1) is 12.0. The zero-order valence-corrected chi connectivity index (χ0v) is 16.8. The number of likely N-dealkylation sites (tertiary alicyclic amines) is 1. The molecule has 0 bridgehead atoms. The van der Waals surface area contributed by atoms with Crippen LogP contribution in [0.15, 0.2) is 34.1 Å². The number of carboxylic acid groups (broad SMARTS) is 1. The van der Waals surface area contributed by atoms with Crippen LogP contribution in [-0.4, -0.2) is 36.2 Å². The van der Waals surface area contributed by atoms with E-state index in [2.05, 4.69) is 45.3 Å². The van der Waals surface area contributed by atoms with Crippen LogP contribution >= 0.6 is 27.3 Å². The van der Waals surface area contributed by atoms with Crippen molar-refractivity contribution in [1.29, 1.82) is 0 Å². The van der Waals surface area contributed by atoms with Crippen molar-refractivity contribution >= 4 is 33.2 Å². The minimum atomic E-state index is -0.702. The molecule has 0 aliphatic carbocycles. The van der Waals surface area contributed by atoms with Crippen molar-refractivity contribution in [2.24, 2.45) is 5.92 Å². The van der Waals surface area contributed by atoms with Crippen molar-refractivity contribution in [2.45, 2.75) is 25.8 Å². The summed E-state index contributed by atoms with van der Waals surface area (Å²) in [7, 11) is 1.68. The molecule has 6 heteroatoms. The zero-order chi connectivity index (χ0) is 18.0. The molecule has 2 atom stereocenters. The SMILES string of the molecule is COc1ccc(Br)cc1C(c1cc(C)cs1)N1CCCC(C(=O)O)C1. The number of rotatable bonds is 5. The van der Waals surface area contributed by atoms with Crippen molar-refractivity contribution in [3.63, 3.8) is 0 Å². The summed E-state index contributed by atoms with van der Waals surface area (Å²) in [5, 5.41) is 11.6. The summed E-state index contributed by atoms with van der Waals surface area (Å²) >= 11 is 5.29. The number of thiophene rings is 1. The fourth-order valence-corrected chi connectivity index (χ4v) is 4.92. The third-order valence-corrected chi connectivity index (χ3v) is 6.27. The van der Waals surface area contributed by atoms with Gasteiger partial charge in [-0.05, 0) is 61.5 Å². The Morgan fingerprint density at radius 3 is 2.88 bits per heavy atom. The lowest BCUT2D eigenvalue weighted by Crippen LogP contribution is -2.41. The maximum atomic E-state index is 11.5. The van der Waals surface area contributed by atoms with Crippen LogP contribution in [0.25, 0.3) is 0 Å². The number of aryl methyl sites for hydroxylation is 1. The average molecular weight is 424 g/mol. The number of benzene rings is 1. The topological polar surface area (TPSA) is 49.8 Å². The number of halogens is 1. The molecule has 2 heterocycles. The Morgan fingerprint density at radius 1 is 1.44 bits per heavy atom. The van der Waals surface area contributed by atoms with Gasteiger partial charge in [0.2, 0.25) is 0 Å². The second-order valence-electron chi connectivity index (χ2n) is 6.49. The smallest absolute Gasteiger partial charge is 0.307 e. The second kappa shape index (κ2) is 7.89. The Balaban J connectivity index is 2.05. The van der Waals surface area contributed by atoms with Gasteiger partial charge < -0.3 is 9.84 Å². The third kappa shape index (κ3) is 4.07. The molecule has 4 nitrogen and oxygen atoms in total. The van der Waals surface area contributed by atoms with Gasteiger partial charge in [0.1, 0.15) is 5.75 Å². The van der Waals surface area contributed by atoms with Gasteiger partial charge in [-0.2, -0.15) is 0 Å². The molecular weight excluding hydrogens is 402 g/mol. The number of nitrogens with zero attached hydrogens (tertiary/aromatic N) is 1. The second-order valence-corrected chi connectivity index (χ2v) is 8.35. The van der Waals surface area contributed by atoms with E-state index in [9.17, 15) is 9.90 Å². The van der Waals surface area contributed by atoms with E-state index in [1.807, 2.05) is 12.1 Å². The highest BCUT2D eigenvalue weighted by atomic mass is 79.9. The van der Waals surface area contributed by atoms with Gasteiger partial charge in [0.25, 0.3) is 0 Å². The average Bonchev–Trinajstić information content (AvgIpc) is 3.01. The van der Waals surface area contributed by atoms with Gasteiger partial charge in [-0.25, -0.2) is 0 Å². The Labute approximate surface area is 160 Å². The summed E-state index contributed by atoms with van der Waals surface area (Å²) in [6.45, 7) is 3.54. The Bertz CT molecular complexity index is 761. The largest absolute Gasteiger partial charge is 0.496 e. The van der Waals surface area contributed by atoms with Crippen molar-refractivity contribution in [3.8, 4) is 5.75 Å². The molecule has 1 aliphatic rings. The van der Waals surface area contributed by atoms with Gasteiger partial charge in [0, 0.05) is 21.5 Å². The summed E-state index contributed by atoms with van der Waals surface area (Å²) in [5.41, 5.74) is 2.30. The molecule has 1 aliphatic heterocycles. The van der Waals surface area contributed by atoms with Gasteiger partial charge in [0.05, 0.1) is 19.1 Å². The maximum Gasteiger partial charge on any atom is 0.307 e. The van der Waals surface area contributed by atoms with Gasteiger partial charge in [-0.1, -0.05) is 15.9 Å². The summed E-state index contributed by atoms with van der Waals surface area (Å²) < 4.78 is 6.61. The Hall–Kier alpha value is -1.37. The maximum absolute atomic E-state index is 11.5. The Morgan fingerprint density at radius 2 is 2.24 bits per heavy atom. The lowest BCUT2D eigenvalue weighted by molar-refractivity contribution is -0.143. The van der Waals surface area contributed by atoms with E-state index >= 15 is 0 Å². The first kappa shape index (κ1) is 18.4. The van der Waals surface area contributed by atoms with E-state index < -0.39 is 5.97 Å². The van der Waals surface area contributed by atoms with Gasteiger partial charge in [-0.3, -0.25) is 9.69 Å². The summed E-state index contributed by atoms with van der Waals surface area (Å²) in [6.07, 6.45) is 1.64. The lowest BCUT2D eigenvalue weighted by atomic mass is 9.93. The van der Waals surface area contributed by atoms with Crippen molar-refractivity contribution in [3.05, 3.63) is 50.1 Å². The van der Waals surface area contributed by atoms with Crippen molar-refractivity contribution < 1.29 is 14.6 Å². The highest BCUT2D eigenvalue weighted by Gasteiger charge is 2.33. The summed E-state index contributed by atoms with van der Waals surface area (Å²) in [5.74, 6) is -0.181. The number of carboxylic acids is 1. The minimum absolute atomic E-state index is 0.00769. The van der Waals surface area contributed by atoms with E-state index in [4.69, 9.17) is 4.74 Å². The van der Waals surface area contributed by atoms with E-state index in [-0.39, 0.29) is 12.0 Å². The molecule has 0 amide bonds. The standard InChI is InChI=1S/C19H22BrNO3S/c1-12-8-17(25-11-12)18(15-9-14(20)5-6-16(15)24-2)21-7-3-4-13(10-21)19(22)23/h5-6,8-9,11,13,18H,3-4,7,10H2,1-2H3,(H,22,23). The van der Waals surface area contributed by atoms with Crippen LogP contribution in [-0.2, 0) is 4.79 Å². The number of methoxy groups -OCH3 is 1. The molecule has 0 spiro atoms. The van der Waals surface area contributed by atoms with E-state index in [1.54, 1.807) is 18.4 Å². The van der Waals surface area contributed by atoms with Crippen LogP contribution in [0.5, 0.6) is 5.75 Å². The molecule has 1 fully saturated rings. The summed E-state index contributed by atoms with van der Waals surface area (Å²) in [4.78, 5) is 15.0. The van der Waals surface area contributed by atoms with Crippen LogP contribution in [0.3, 0.4) is 0 Å². The molecular formula is C19H22BrNO3S. The zero-order valence-electron chi connectivity index (χ0n) is 14.4. The van der Waals surface area contributed by atoms with E-state index in [0.717, 1.165) is 35.2 Å². The predicted molar refractivity (Wildman–Crippen MR) is 104 cm³/mol. The number of aliphatic carboxylic acids is 1. The highest BCUT2D eigenvalue weighted by molar-refractivity contribution is 9.10. The van der Waals surface area contributed by atoms with Crippen LogP contribution in [0.2, 0.25) is 0 Å². The molecule has 1 aromatic heterocycles. The van der Waals surface area contributed by atoms with Crippen molar-refractivity contribution in [2.75, 3.05) is 20.2 Å². The van der Waals surface area contributed by atoms with Gasteiger partial charge in [-0.15, -0.1) is 11.3 Å². The normalized spacial score (nSPS) is 19.6. The fourth-order valence-electron chi connectivity index (χ4n) is 3.49. The first-order valence-electron chi connectivity index (χ1n) is 8.35. The number of hydrogen-bond acceptors (Lipinski definition) is 4. The molecule has 25 heavy (non-hydrogen) atoms. The monoisotopic (exact) mass is 423 g/mol. The molecule has 0 saturated carbocycles. The highest BCUT2D eigenvalue weighted by Crippen LogP contribution is 2.40. The number of hydrogen-bond donors (Lipinski definition) is 1. The molecule has 1 saturated heterocycles. The van der Waals surface area contributed by atoms with Crippen LogP contribution in [0, 0.1) is 12.8 Å². The molecule has 1 aromatic carbocycles. The van der Waals surface area contributed by atoms with Gasteiger partial charge in [0.15, 0.2) is 0 Å². The fraction of sp³-hybridized carbons (Fsp3) is 0.421. The number of ether oxygens (including phenoxy) is 1. The molecule has 1 N–H and O–H groups in total. The first-order valence-corrected chi connectivity index (χ1v) is 10.0. The molecule has 2 unspecified atom stereocenters. The van der Waals surface area contributed by atoms with Crippen LogP contribution in [0.1, 0.15) is 34.9 Å². The number of piperidine rings is 1. The van der Waals surface area contributed by atoms with E-state index in [1.165, 1.54) is 10.4 Å². The van der Waals surface area contributed by atoms with Crippen LogP contribution in [0.4, 0.5) is 0 Å². The third-order valence-electron chi connectivity index (χ3n) is 4.67. The molecule has 0 radical (unpaired) electrons. The molecule has 134 valence electrons. The predicted octanol–water partition coefficient (Wildman–Crippen LogP) is 4.71. The Kier molecular flexibility index (Phi) is 5.81. The minimum Gasteiger partial charge on any atom is -0.496 e. The van der Waals surface area contributed by atoms with Gasteiger partial charge >= 0.3 is 5.97 Å². The quantitative estimate of drug-likeness (QED) is 0.755. The lowest BCUT2D eigenvalue weighted by Gasteiger charge is -2.37. The van der Waals surface area contributed by atoms with E-state index in [0.29, 0.717) is 6.54 Å². The summed E-state index contributed by atoms with van der Waals surface area (Å²) in [6, 6.07) is 8.22. The van der Waals surface area contributed by atoms with Crippen molar-refractivity contribution in [1.82, 2.24) is 4.90 Å². The molecule has 2 aromatic rings. The molecule has 3 rings (SSSR count). The number of carbonyl (C=O) groups is 1. The van der Waals surface area contributed by atoms with Crippen LogP contribution < -0.4 is 4.74 Å².